The van der Waals surface area contributed by atoms with Crippen LogP contribution in [0.5, 0.6) is 5.75 Å². The van der Waals surface area contributed by atoms with Crippen LogP contribution in [0, 0.1) is 6.92 Å². The van der Waals surface area contributed by atoms with Crippen LogP contribution in [0.3, 0.4) is 0 Å². The monoisotopic (exact) mass is 298 g/mol. The maximum atomic E-state index is 11.9. The molecule has 2 N–H and O–H groups in total. The fourth-order valence-corrected chi connectivity index (χ4v) is 2.05. The zero-order valence-corrected chi connectivity index (χ0v) is 12.6. The number of rotatable bonds is 5. The highest BCUT2D eigenvalue weighted by molar-refractivity contribution is 5.94. The number of hydrogen-bond acceptors (Lipinski definition) is 5. The molecule has 0 spiro atoms. The first-order chi connectivity index (χ1) is 10.7. The normalized spacial score (nSPS) is 13.5. The van der Waals surface area contributed by atoms with Crippen LogP contribution in [0.1, 0.15) is 28.8 Å². The highest BCUT2D eigenvalue weighted by Gasteiger charge is 2.24. The first kappa shape index (κ1) is 14.3. The minimum Gasteiger partial charge on any atom is -0.495 e. The van der Waals surface area contributed by atoms with E-state index in [4.69, 9.17) is 4.74 Å². The summed E-state index contributed by atoms with van der Waals surface area (Å²) in [4.78, 5) is 20.3. The van der Waals surface area contributed by atoms with Crippen molar-refractivity contribution in [2.75, 3.05) is 12.4 Å². The molecule has 0 aliphatic heterocycles. The van der Waals surface area contributed by atoms with E-state index in [0.29, 0.717) is 23.3 Å². The molecule has 6 nitrogen and oxygen atoms in total. The first-order valence-electron chi connectivity index (χ1n) is 7.20. The van der Waals surface area contributed by atoms with Gasteiger partial charge in [0.25, 0.3) is 5.91 Å². The van der Waals surface area contributed by atoms with Gasteiger partial charge in [-0.05, 0) is 37.5 Å². The van der Waals surface area contributed by atoms with Crippen LogP contribution in [0.4, 0.5) is 11.6 Å². The summed E-state index contributed by atoms with van der Waals surface area (Å²) in [6.07, 6.45) is 5.16. The van der Waals surface area contributed by atoms with Gasteiger partial charge in [-0.15, -0.1) is 0 Å². The molecule has 1 heterocycles. The van der Waals surface area contributed by atoms with Crippen molar-refractivity contribution in [3.63, 3.8) is 0 Å². The lowest BCUT2D eigenvalue weighted by Crippen LogP contribution is -2.25. The second-order valence-electron chi connectivity index (χ2n) is 5.37. The van der Waals surface area contributed by atoms with Crippen LogP contribution in [0.15, 0.2) is 30.6 Å². The van der Waals surface area contributed by atoms with Crippen LogP contribution < -0.4 is 15.4 Å². The van der Waals surface area contributed by atoms with Crippen LogP contribution in [-0.4, -0.2) is 29.0 Å². The Balaban J connectivity index is 1.73. The van der Waals surface area contributed by atoms with E-state index in [1.54, 1.807) is 7.11 Å². The zero-order valence-electron chi connectivity index (χ0n) is 12.6. The molecule has 1 aliphatic carbocycles. The molecule has 1 saturated carbocycles. The summed E-state index contributed by atoms with van der Waals surface area (Å²) < 4.78 is 5.30. The average Bonchev–Trinajstić information content (AvgIpc) is 3.32. The van der Waals surface area contributed by atoms with E-state index < -0.39 is 0 Å². The number of aryl methyl sites for hydroxylation is 1. The zero-order chi connectivity index (χ0) is 15.5. The molecular formula is C16H18N4O2. The largest absolute Gasteiger partial charge is 0.495 e. The van der Waals surface area contributed by atoms with Crippen molar-refractivity contribution in [3.05, 3.63) is 41.7 Å². The summed E-state index contributed by atoms with van der Waals surface area (Å²) in [5.41, 5.74) is 2.36. The number of aromatic nitrogens is 2. The number of nitrogens with one attached hydrogen (secondary N) is 2. The quantitative estimate of drug-likeness (QED) is 0.886. The fourth-order valence-electron chi connectivity index (χ4n) is 2.05. The van der Waals surface area contributed by atoms with E-state index >= 15 is 0 Å². The Kier molecular flexibility index (Phi) is 3.91. The van der Waals surface area contributed by atoms with Crippen LogP contribution >= 0.6 is 0 Å². The van der Waals surface area contributed by atoms with Crippen molar-refractivity contribution in [3.8, 4) is 5.75 Å². The van der Waals surface area contributed by atoms with Gasteiger partial charge in [0.2, 0.25) is 5.95 Å². The molecule has 1 aromatic carbocycles. The third kappa shape index (κ3) is 3.33. The Bertz CT molecular complexity index is 681. The Morgan fingerprint density at radius 1 is 1.27 bits per heavy atom. The van der Waals surface area contributed by atoms with E-state index in [1.807, 2.05) is 25.1 Å². The van der Waals surface area contributed by atoms with Gasteiger partial charge >= 0.3 is 0 Å². The van der Waals surface area contributed by atoms with Gasteiger partial charge in [0, 0.05) is 18.4 Å². The molecule has 2 aromatic rings. The highest BCUT2D eigenvalue weighted by atomic mass is 16.5. The van der Waals surface area contributed by atoms with E-state index in [2.05, 4.69) is 20.6 Å². The molecule has 1 aromatic heterocycles. The number of carbonyl (C=O) groups excluding carboxylic acids is 1. The molecular weight excluding hydrogens is 280 g/mol. The van der Waals surface area contributed by atoms with Gasteiger partial charge in [0.05, 0.1) is 18.4 Å². The first-order valence-corrected chi connectivity index (χ1v) is 7.20. The molecule has 1 amide bonds. The molecule has 0 bridgehead atoms. The van der Waals surface area contributed by atoms with Crippen molar-refractivity contribution >= 4 is 17.5 Å². The lowest BCUT2D eigenvalue weighted by Gasteiger charge is -2.11. The van der Waals surface area contributed by atoms with Gasteiger partial charge in [-0.3, -0.25) is 4.79 Å². The third-order valence-corrected chi connectivity index (χ3v) is 3.43. The van der Waals surface area contributed by atoms with Crippen LogP contribution in [-0.2, 0) is 0 Å². The van der Waals surface area contributed by atoms with Crippen molar-refractivity contribution in [1.82, 2.24) is 15.3 Å². The Hall–Kier alpha value is -2.63. The minimum absolute atomic E-state index is 0.123. The number of ether oxygens (including phenoxy) is 1. The summed E-state index contributed by atoms with van der Waals surface area (Å²) in [5, 5.41) is 6.01. The van der Waals surface area contributed by atoms with Gasteiger partial charge in [0.1, 0.15) is 5.75 Å². The van der Waals surface area contributed by atoms with Crippen molar-refractivity contribution in [1.29, 1.82) is 0 Å². The number of anilines is 2. The predicted octanol–water partition coefficient (Wildman–Crippen LogP) is 2.43. The average molecular weight is 298 g/mol. The van der Waals surface area contributed by atoms with E-state index in [0.717, 1.165) is 24.1 Å². The smallest absolute Gasteiger partial charge is 0.254 e. The topological polar surface area (TPSA) is 76.1 Å². The fraction of sp³-hybridized carbons (Fsp3) is 0.312. The van der Waals surface area contributed by atoms with E-state index in [1.165, 1.54) is 12.4 Å². The van der Waals surface area contributed by atoms with Crippen molar-refractivity contribution in [2.45, 2.75) is 25.8 Å². The molecule has 1 aliphatic rings. The van der Waals surface area contributed by atoms with E-state index in [9.17, 15) is 4.79 Å². The molecule has 6 heteroatoms. The van der Waals surface area contributed by atoms with Crippen molar-refractivity contribution < 1.29 is 9.53 Å². The van der Waals surface area contributed by atoms with Gasteiger partial charge in [-0.1, -0.05) is 6.07 Å². The van der Waals surface area contributed by atoms with Crippen LogP contribution in [0.25, 0.3) is 0 Å². The number of hydrogen-bond donors (Lipinski definition) is 2. The van der Waals surface area contributed by atoms with Gasteiger partial charge < -0.3 is 15.4 Å². The maximum absolute atomic E-state index is 11.9. The molecule has 0 atom stereocenters. The standard InChI is InChI=1S/C16H18N4O2/c1-10-3-6-14(22-2)13(7-10)20-16-17-8-11(9-18-16)15(21)19-12-4-5-12/h3,6-9,12H,4-5H2,1-2H3,(H,19,21)(H,17,18,20). The maximum Gasteiger partial charge on any atom is 0.254 e. The highest BCUT2D eigenvalue weighted by Crippen LogP contribution is 2.27. The number of benzene rings is 1. The molecule has 22 heavy (non-hydrogen) atoms. The molecule has 0 unspecified atom stereocenters. The summed E-state index contributed by atoms with van der Waals surface area (Å²) in [7, 11) is 1.61. The van der Waals surface area contributed by atoms with Crippen molar-refractivity contribution in [2.24, 2.45) is 0 Å². The Labute approximate surface area is 128 Å². The lowest BCUT2D eigenvalue weighted by atomic mass is 10.2. The second kappa shape index (κ2) is 6.01. The van der Waals surface area contributed by atoms with Crippen LogP contribution in [0.2, 0.25) is 0 Å². The molecule has 114 valence electrons. The van der Waals surface area contributed by atoms with Gasteiger partial charge in [-0.25, -0.2) is 9.97 Å². The van der Waals surface area contributed by atoms with E-state index in [-0.39, 0.29) is 5.91 Å². The SMILES string of the molecule is COc1ccc(C)cc1Nc1ncc(C(=O)NC2CC2)cn1. The second-order valence-corrected chi connectivity index (χ2v) is 5.37. The number of methoxy groups -OCH3 is 1. The molecule has 3 rings (SSSR count). The summed E-state index contributed by atoms with van der Waals surface area (Å²) in [6.45, 7) is 2.00. The molecule has 0 radical (unpaired) electrons. The molecule has 0 saturated heterocycles. The lowest BCUT2D eigenvalue weighted by molar-refractivity contribution is 0.0950. The Morgan fingerprint density at radius 3 is 2.64 bits per heavy atom. The van der Waals surface area contributed by atoms with Gasteiger partial charge in [0.15, 0.2) is 0 Å². The number of amides is 1. The number of carbonyl (C=O) groups is 1. The van der Waals surface area contributed by atoms with Gasteiger partial charge in [-0.2, -0.15) is 0 Å². The molecule has 1 fully saturated rings. The Morgan fingerprint density at radius 2 is 2.00 bits per heavy atom. The predicted molar refractivity (Wildman–Crippen MR) is 83.5 cm³/mol. The number of nitrogens with zero attached hydrogens (tertiary/aromatic N) is 2. The third-order valence-electron chi connectivity index (χ3n) is 3.43. The summed E-state index contributed by atoms with van der Waals surface area (Å²) in [6, 6.07) is 6.13. The summed E-state index contributed by atoms with van der Waals surface area (Å²) >= 11 is 0. The minimum atomic E-state index is -0.123. The summed E-state index contributed by atoms with van der Waals surface area (Å²) in [5.74, 6) is 1.01.